The van der Waals surface area contributed by atoms with Gasteiger partial charge in [0.1, 0.15) is 0 Å². The molecule has 1 N–H and O–H groups in total. The van der Waals surface area contributed by atoms with Gasteiger partial charge in [-0.15, -0.1) is 0 Å². The number of nitrogens with zero attached hydrogens (tertiary/aromatic N) is 1. The molecule has 0 radical (unpaired) electrons. The lowest BCUT2D eigenvalue weighted by Crippen LogP contribution is -2.62. The molecule has 0 amide bonds. The van der Waals surface area contributed by atoms with Crippen LogP contribution < -0.4 is 5.32 Å². The average molecular weight is 300 g/mol. The zero-order valence-corrected chi connectivity index (χ0v) is 14.9. The molecule has 4 heteroatoms. The van der Waals surface area contributed by atoms with Crippen LogP contribution in [0.4, 0.5) is 0 Å². The Balaban J connectivity index is 2.53. The lowest BCUT2D eigenvalue weighted by Gasteiger charge is -2.47. The summed E-state index contributed by atoms with van der Waals surface area (Å²) in [6, 6.07) is 1.18. The highest BCUT2D eigenvalue weighted by Gasteiger charge is 2.36. The summed E-state index contributed by atoms with van der Waals surface area (Å²) in [6.45, 7) is 17.0. The zero-order valence-electron chi connectivity index (χ0n) is 14.9. The van der Waals surface area contributed by atoms with Crippen LogP contribution in [0.3, 0.4) is 0 Å². The number of hydrogen-bond donors (Lipinski definition) is 1. The molecule has 21 heavy (non-hydrogen) atoms. The Bertz CT molecular complexity index is 278. The van der Waals surface area contributed by atoms with E-state index in [0.717, 1.165) is 32.2 Å². The smallest absolute Gasteiger partial charge is 0.0700 e. The maximum atomic E-state index is 5.67. The standard InChI is InChI=1S/C17H36N2O2/c1-7-14(2)15-13-19(8-9-21-11-10-20-6)16(12-18-15)17(3,4)5/h14-16,18H,7-13H2,1-6H3. The zero-order chi connectivity index (χ0) is 15.9. The third-order valence-corrected chi connectivity index (χ3v) is 4.73. The van der Waals surface area contributed by atoms with Crippen LogP contribution in [-0.4, -0.2) is 63.5 Å². The normalized spacial score (nSPS) is 26.0. The van der Waals surface area contributed by atoms with Crippen LogP contribution in [-0.2, 0) is 9.47 Å². The topological polar surface area (TPSA) is 33.7 Å². The van der Waals surface area contributed by atoms with E-state index in [0.29, 0.717) is 30.7 Å². The van der Waals surface area contributed by atoms with Gasteiger partial charge in [-0.2, -0.15) is 0 Å². The van der Waals surface area contributed by atoms with Gasteiger partial charge in [0.05, 0.1) is 19.8 Å². The van der Waals surface area contributed by atoms with Gasteiger partial charge in [0.2, 0.25) is 0 Å². The molecule has 1 saturated heterocycles. The minimum absolute atomic E-state index is 0.292. The Morgan fingerprint density at radius 1 is 1.24 bits per heavy atom. The monoisotopic (exact) mass is 300 g/mol. The van der Waals surface area contributed by atoms with E-state index < -0.39 is 0 Å². The van der Waals surface area contributed by atoms with Gasteiger partial charge in [0.25, 0.3) is 0 Å². The molecule has 1 rings (SSSR count). The predicted molar refractivity (Wildman–Crippen MR) is 88.8 cm³/mol. The first-order valence-corrected chi connectivity index (χ1v) is 8.44. The van der Waals surface area contributed by atoms with Crippen LogP contribution in [0.15, 0.2) is 0 Å². The summed E-state index contributed by atoms with van der Waals surface area (Å²) in [5.74, 6) is 0.725. The summed E-state index contributed by atoms with van der Waals surface area (Å²) in [6.07, 6.45) is 1.23. The van der Waals surface area contributed by atoms with Crippen molar-refractivity contribution in [3.05, 3.63) is 0 Å². The largest absolute Gasteiger partial charge is 0.382 e. The molecule has 0 aromatic rings. The van der Waals surface area contributed by atoms with E-state index in [2.05, 4.69) is 44.8 Å². The fourth-order valence-corrected chi connectivity index (χ4v) is 3.03. The van der Waals surface area contributed by atoms with E-state index >= 15 is 0 Å². The Labute approximate surface area is 131 Å². The third-order valence-electron chi connectivity index (χ3n) is 4.73. The maximum Gasteiger partial charge on any atom is 0.0700 e. The molecule has 0 spiro atoms. The molecular formula is C17H36N2O2. The van der Waals surface area contributed by atoms with E-state index in [1.54, 1.807) is 7.11 Å². The second kappa shape index (κ2) is 9.09. The molecule has 1 heterocycles. The second-order valence-corrected chi connectivity index (χ2v) is 7.38. The Kier molecular flexibility index (Phi) is 8.17. The van der Waals surface area contributed by atoms with Crippen molar-refractivity contribution in [3.63, 3.8) is 0 Å². The molecule has 126 valence electrons. The van der Waals surface area contributed by atoms with Gasteiger partial charge in [-0.1, -0.05) is 41.0 Å². The molecule has 0 saturated carbocycles. The molecule has 0 bridgehead atoms. The van der Waals surface area contributed by atoms with Crippen molar-refractivity contribution in [1.29, 1.82) is 0 Å². The SMILES string of the molecule is CCC(C)C1CN(CCOCCOC)C(C(C)(C)C)CN1. The molecular weight excluding hydrogens is 264 g/mol. The molecule has 3 atom stereocenters. The van der Waals surface area contributed by atoms with Crippen LogP contribution in [0.1, 0.15) is 41.0 Å². The summed E-state index contributed by atoms with van der Waals surface area (Å²) in [4.78, 5) is 2.63. The lowest BCUT2D eigenvalue weighted by atomic mass is 9.82. The number of piperazine rings is 1. The van der Waals surface area contributed by atoms with Gasteiger partial charge in [-0.3, -0.25) is 4.90 Å². The molecule has 1 aliphatic heterocycles. The van der Waals surface area contributed by atoms with Gasteiger partial charge in [-0.05, 0) is 11.3 Å². The van der Waals surface area contributed by atoms with E-state index in [-0.39, 0.29) is 0 Å². The second-order valence-electron chi connectivity index (χ2n) is 7.38. The fourth-order valence-electron chi connectivity index (χ4n) is 3.03. The van der Waals surface area contributed by atoms with Crippen molar-refractivity contribution in [3.8, 4) is 0 Å². The fraction of sp³-hybridized carbons (Fsp3) is 1.00. The lowest BCUT2D eigenvalue weighted by molar-refractivity contribution is 0.00774. The highest BCUT2D eigenvalue weighted by molar-refractivity contribution is 4.93. The number of nitrogens with one attached hydrogen (secondary N) is 1. The van der Waals surface area contributed by atoms with Crippen molar-refractivity contribution in [1.82, 2.24) is 10.2 Å². The minimum atomic E-state index is 0.292. The molecule has 1 aliphatic rings. The van der Waals surface area contributed by atoms with Crippen LogP contribution in [0.25, 0.3) is 0 Å². The van der Waals surface area contributed by atoms with Gasteiger partial charge in [0.15, 0.2) is 0 Å². The first-order chi connectivity index (χ1) is 9.90. The summed E-state index contributed by atoms with van der Waals surface area (Å²) in [7, 11) is 1.71. The van der Waals surface area contributed by atoms with Crippen molar-refractivity contribution in [2.24, 2.45) is 11.3 Å². The third kappa shape index (κ3) is 6.23. The van der Waals surface area contributed by atoms with E-state index in [1.807, 2.05) is 0 Å². The van der Waals surface area contributed by atoms with E-state index in [9.17, 15) is 0 Å². The number of rotatable bonds is 8. The molecule has 3 unspecified atom stereocenters. The maximum absolute atomic E-state index is 5.67. The van der Waals surface area contributed by atoms with Crippen molar-refractivity contribution < 1.29 is 9.47 Å². The van der Waals surface area contributed by atoms with Crippen molar-refractivity contribution in [2.75, 3.05) is 46.6 Å². The van der Waals surface area contributed by atoms with Gasteiger partial charge in [0, 0.05) is 38.8 Å². The molecule has 4 nitrogen and oxygen atoms in total. The number of hydrogen-bond acceptors (Lipinski definition) is 4. The summed E-state index contributed by atoms with van der Waals surface area (Å²) < 4.78 is 10.7. The molecule has 0 aromatic carbocycles. The van der Waals surface area contributed by atoms with E-state index in [4.69, 9.17) is 9.47 Å². The van der Waals surface area contributed by atoms with E-state index in [1.165, 1.54) is 6.42 Å². The van der Waals surface area contributed by atoms with Crippen molar-refractivity contribution >= 4 is 0 Å². The Morgan fingerprint density at radius 3 is 2.52 bits per heavy atom. The molecule has 1 fully saturated rings. The Morgan fingerprint density at radius 2 is 1.95 bits per heavy atom. The van der Waals surface area contributed by atoms with Crippen LogP contribution in [0, 0.1) is 11.3 Å². The first-order valence-electron chi connectivity index (χ1n) is 8.44. The van der Waals surface area contributed by atoms with Crippen LogP contribution >= 0.6 is 0 Å². The minimum Gasteiger partial charge on any atom is -0.382 e. The number of methoxy groups -OCH3 is 1. The molecule has 0 aromatic heterocycles. The van der Waals surface area contributed by atoms with Crippen LogP contribution in [0.2, 0.25) is 0 Å². The highest BCUT2D eigenvalue weighted by atomic mass is 16.5. The van der Waals surface area contributed by atoms with Gasteiger partial charge in [-0.25, -0.2) is 0 Å². The van der Waals surface area contributed by atoms with Crippen LogP contribution in [0.5, 0.6) is 0 Å². The average Bonchev–Trinajstić information content (AvgIpc) is 2.45. The van der Waals surface area contributed by atoms with Gasteiger partial charge >= 0.3 is 0 Å². The van der Waals surface area contributed by atoms with Gasteiger partial charge < -0.3 is 14.8 Å². The molecule has 0 aliphatic carbocycles. The van der Waals surface area contributed by atoms with Crippen molar-refractivity contribution in [2.45, 2.75) is 53.1 Å². The predicted octanol–water partition coefficient (Wildman–Crippen LogP) is 2.38. The number of ether oxygens (including phenoxy) is 2. The summed E-state index contributed by atoms with van der Waals surface area (Å²) >= 11 is 0. The Hall–Kier alpha value is -0.160. The summed E-state index contributed by atoms with van der Waals surface area (Å²) in [5.41, 5.74) is 0.292. The summed E-state index contributed by atoms with van der Waals surface area (Å²) in [5, 5.41) is 3.76. The first kappa shape index (κ1) is 18.9. The quantitative estimate of drug-likeness (QED) is 0.698. The highest BCUT2D eigenvalue weighted by Crippen LogP contribution is 2.27.